The maximum Gasteiger partial charge on any atom is 0.241 e. The van der Waals surface area contributed by atoms with Gasteiger partial charge in [-0.2, -0.15) is 0 Å². The maximum absolute atomic E-state index is 12.9. The Labute approximate surface area is 175 Å². The summed E-state index contributed by atoms with van der Waals surface area (Å²) in [6, 6.07) is 12.9. The summed E-state index contributed by atoms with van der Waals surface area (Å²) in [7, 11) is 0. The summed E-state index contributed by atoms with van der Waals surface area (Å²) >= 11 is 5.98. The zero-order chi connectivity index (χ0) is 20.2. The zero-order valence-electron chi connectivity index (χ0n) is 16.4. The molecule has 0 aliphatic carbocycles. The molecule has 2 aromatic carbocycles. The summed E-state index contributed by atoms with van der Waals surface area (Å²) in [5.74, 6) is 1.32. The van der Waals surface area contributed by atoms with Crippen LogP contribution >= 0.6 is 11.6 Å². The number of ether oxygens (including phenoxy) is 3. The van der Waals surface area contributed by atoms with Crippen LogP contribution in [0.1, 0.15) is 25.0 Å². The number of hydrogen-bond donors (Lipinski definition) is 1. The monoisotopic (exact) mass is 416 g/mol. The van der Waals surface area contributed by atoms with E-state index >= 15 is 0 Å². The predicted octanol–water partition coefficient (Wildman–Crippen LogP) is 3.90. The third kappa shape index (κ3) is 4.83. The highest BCUT2D eigenvalue weighted by atomic mass is 35.5. The molecule has 2 aromatic rings. The highest BCUT2D eigenvalue weighted by molar-refractivity contribution is 6.30. The fraction of sp³-hybridized carbons (Fsp3) is 0.409. The fourth-order valence-corrected chi connectivity index (χ4v) is 3.68. The lowest BCUT2D eigenvalue weighted by atomic mass is 10.1. The van der Waals surface area contributed by atoms with Gasteiger partial charge in [-0.15, -0.1) is 0 Å². The van der Waals surface area contributed by atoms with E-state index in [1.54, 1.807) is 0 Å². The Morgan fingerprint density at radius 3 is 2.66 bits per heavy atom. The molecule has 2 atom stereocenters. The second kappa shape index (κ2) is 9.03. The van der Waals surface area contributed by atoms with Crippen LogP contribution in [0.2, 0.25) is 5.02 Å². The van der Waals surface area contributed by atoms with Crippen LogP contribution < -0.4 is 14.8 Å². The van der Waals surface area contributed by atoms with Crippen LogP contribution in [-0.2, 0) is 9.53 Å². The molecule has 2 aliphatic rings. The number of hydrogen-bond acceptors (Lipinski definition) is 5. The molecule has 29 heavy (non-hydrogen) atoms. The Balaban J connectivity index is 1.39. The van der Waals surface area contributed by atoms with Gasteiger partial charge in [-0.05, 0) is 36.8 Å². The van der Waals surface area contributed by atoms with E-state index in [0.29, 0.717) is 55.1 Å². The van der Waals surface area contributed by atoms with E-state index < -0.39 is 0 Å². The van der Waals surface area contributed by atoms with Crippen LogP contribution in [0.3, 0.4) is 0 Å². The topological polar surface area (TPSA) is 60.0 Å². The van der Waals surface area contributed by atoms with Crippen molar-refractivity contribution in [3.8, 4) is 11.5 Å². The highest BCUT2D eigenvalue weighted by Crippen LogP contribution is 2.32. The molecule has 0 spiro atoms. The first-order chi connectivity index (χ1) is 14.1. The van der Waals surface area contributed by atoms with Gasteiger partial charge in [0, 0.05) is 36.3 Å². The number of fused-ring (bicyclic) bond motifs is 1. The first kappa shape index (κ1) is 20.0. The van der Waals surface area contributed by atoms with E-state index in [0.717, 1.165) is 12.0 Å². The van der Waals surface area contributed by atoms with Gasteiger partial charge in [0.2, 0.25) is 5.91 Å². The Bertz CT molecular complexity index is 858. The quantitative estimate of drug-likeness (QED) is 0.819. The number of benzene rings is 2. The first-order valence-electron chi connectivity index (χ1n) is 9.92. The molecule has 0 bridgehead atoms. The van der Waals surface area contributed by atoms with Crippen LogP contribution in [0.5, 0.6) is 11.5 Å². The van der Waals surface area contributed by atoms with E-state index in [9.17, 15) is 4.79 Å². The second-order valence-electron chi connectivity index (χ2n) is 7.28. The van der Waals surface area contributed by atoms with Crippen molar-refractivity contribution in [3.05, 3.63) is 53.1 Å². The summed E-state index contributed by atoms with van der Waals surface area (Å²) in [6.45, 7) is 5.11. The van der Waals surface area contributed by atoms with Gasteiger partial charge >= 0.3 is 0 Å². The number of nitrogens with zero attached hydrogens (tertiary/aromatic N) is 1. The second-order valence-corrected chi connectivity index (χ2v) is 7.72. The Kier molecular flexibility index (Phi) is 6.23. The Morgan fingerprint density at radius 1 is 1.10 bits per heavy atom. The standard InChI is InChI=1S/C22H25ClN2O4/c1-15(25-9-12-29-21(14-25)16-3-5-17(23)6-4-16)22(26)24-18-7-8-19-20(13-18)28-11-2-10-27-19/h3-8,13,15,21H,2,9-12,14H2,1H3,(H,24,26)/t15-,21+/m1/s1. The highest BCUT2D eigenvalue weighted by Gasteiger charge is 2.29. The molecule has 6 nitrogen and oxygen atoms in total. The summed E-state index contributed by atoms with van der Waals surface area (Å²) in [6.07, 6.45) is 0.772. The molecular weight excluding hydrogens is 392 g/mol. The number of nitrogens with one attached hydrogen (secondary N) is 1. The molecule has 1 amide bonds. The molecular formula is C22H25ClN2O4. The minimum absolute atomic E-state index is 0.0590. The summed E-state index contributed by atoms with van der Waals surface area (Å²) < 4.78 is 17.3. The van der Waals surface area contributed by atoms with Gasteiger partial charge in [0.25, 0.3) is 0 Å². The third-order valence-electron chi connectivity index (χ3n) is 5.28. The van der Waals surface area contributed by atoms with E-state index in [1.807, 2.05) is 49.4 Å². The average Bonchev–Trinajstić information content (AvgIpc) is 2.99. The smallest absolute Gasteiger partial charge is 0.241 e. The van der Waals surface area contributed by atoms with E-state index in [-0.39, 0.29) is 18.1 Å². The summed E-state index contributed by atoms with van der Waals surface area (Å²) in [5, 5.41) is 3.70. The van der Waals surface area contributed by atoms with Crippen molar-refractivity contribution in [2.24, 2.45) is 0 Å². The van der Waals surface area contributed by atoms with Crippen LogP contribution in [-0.4, -0.2) is 49.8 Å². The van der Waals surface area contributed by atoms with Gasteiger partial charge < -0.3 is 19.5 Å². The largest absolute Gasteiger partial charge is 0.490 e. The van der Waals surface area contributed by atoms with Crippen LogP contribution in [0.4, 0.5) is 5.69 Å². The van der Waals surface area contributed by atoms with E-state index in [4.69, 9.17) is 25.8 Å². The summed E-state index contributed by atoms with van der Waals surface area (Å²) in [5.41, 5.74) is 1.77. The van der Waals surface area contributed by atoms with Crippen molar-refractivity contribution in [2.45, 2.75) is 25.5 Å². The van der Waals surface area contributed by atoms with E-state index in [1.165, 1.54) is 0 Å². The molecule has 2 aliphatic heterocycles. The molecule has 0 aromatic heterocycles. The lowest BCUT2D eigenvalue weighted by Gasteiger charge is -2.36. The van der Waals surface area contributed by atoms with Crippen molar-refractivity contribution in [3.63, 3.8) is 0 Å². The van der Waals surface area contributed by atoms with Crippen molar-refractivity contribution >= 4 is 23.2 Å². The maximum atomic E-state index is 12.9. The predicted molar refractivity (Wildman–Crippen MR) is 112 cm³/mol. The fourth-order valence-electron chi connectivity index (χ4n) is 3.55. The number of carbonyl (C=O) groups excluding carboxylic acids is 1. The molecule has 1 saturated heterocycles. The molecule has 4 rings (SSSR count). The minimum atomic E-state index is -0.287. The van der Waals surface area contributed by atoms with Crippen molar-refractivity contribution in [1.29, 1.82) is 0 Å². The minimum Gasteiger partial charge on any atom is -0.490 e. The number of amides is 1. The number of halogens is 1. The molecule has 2 heterocycles. The molecule has 154 valence electrons. The van der Waals surface area contributed by atoms with Crippen molar-refractivity contribution in [2.75, 3.05) is 38.2 Å². The normalized spacial score (nSPS) is 20.6. The lowest BCUT2D eigenvalue weighted by Crippen LogP contribution is -2.48. The SMILES string of the molecule is C[C@H](C(=O)Nc1ccc2c(c1)OCCCO2)N1CCO[C@H](c2ccc(Cl)cc2)C1. The van der Waals surface area contributed by atoms with Gasteiger partial charge in [0.1, 0.15) is 0 Å². The number of rotatable bonds is 4. The van der Waals surface area contributed by atoms with Crippen LogP contribution in [0.25, 0.3) is 0 Å². The number of carbonyl (C=O) groups is 1. The molecule has 0 unspecified atom stereocenters. The van der Waals surface area contributed by atoms with Gasteiger partial charge in [0.15, 0.2) is 11.5 Å². The number of anilines is 1. The van der Waals surface area contributed by atoms with Crippen molar-refractivity contribution in [1.82, 2.24) is 4.90 Å². The van der Waals surface area contributed by atoms with Gasteiger partial charge in [0.05, 0.1) is 32.0 Å². The average molecular weight is 417 g/mol. The third-order valence-corrected chi connectivity index (χ3v) is 5.53. The Morgan fingerprint density at radius 2 is 1.86 bits per heavy atom. The van der Waals surface area contributed by atoms with Gasteiger partial charge in [-0.1, -0.05) is 23.7 Å². The first-order valence-corrected chi connectivity index (χ1v) is 10.3. The van der Waals surface area contributed by atoms with Crippen LogP contribution in [0, 0.1) is 0 Å². The Hall–Kier alpha value is -2.28. The van der Waals surface area contributed by atoms with Crippen molar-refractivity contribution < 1.29 is 19.0 Å². The molecule has 7 heteroatoms. The zero-order valence-corrected chi connectivity index (χ0v) is 17.2. The molecule has 1 fully saturated rings. The lowest BCUT2D eigenvalue weighted by molar-refractivity contribution is -0.124. The van der Waals surface area contributed by atoms with E-state index in [2.05, 4.69) is 10.2 Å². The number of morpholine rings is 1. The molecule has 0 saturated carbocycles. The van der Waals surface area contributed by atoms with Crippen LogP contribution in [0.15, 0.2) is 42.5 Å². The molecule has 0 radical (unpaired) electrons. The summed E-state index contributed by atoms with van der Waals surface area (Å²) in [4.78, 5) is 15.0. The van der Waals surface area contributed by atoms with Gasteiger partial charge in [-0.25, -0.2) is 0 Å². The molecule has 1 N–H and O–H groups in total. The van der Waals surface area contributed by atoms with Gasteiger partial charge in [-0.3, -0.25) is 9.69 Å².